The highest BCUT2D eigenvalue weighted by molar-refractivity contribution is 6.76. The number of rotatable bonds is 8. The molecule has 9 nitrogen and oxygen atoms in total. The summed E-state index contributed by atoms with van der Waals surface area (Å²) in [7, 11) is 0. The molecular weight excluding hydrogens is 580 g/mol. The summed E-state index contributed by atoms with van der Waals surface area (Å²) in [6.45, 7) is 2.78. The maximum Gasteiger partial charge on any atom is 0.417 e. The van der Waals surface area contributed by atoms with Gasteiger partial charge in [0.1, 0.15) is 18.8 Å². The van der Waals surface area contributed by atoms with E-state index in [2.05, 4.69) is 4.99 Å². The molecule has 1 heterocycles. The third-order valence-corrected chi connectivity index (χ3v) is 5.90. The van der Waals surface area contributed by atoms with Crippen molar-refractivity contribution >= 4 is 64.6 Å². The number of benzene rings is 1. The molecule has 38 heavy (non-hydrogen) atoms. The lowest BCUT2D eigenvalue weighted by atomic mass is 9.90. The van der Waals surface area contributed by atoms with E-state index in [0.717, 1.165) is 33.1 Å². The van der Waals surface area contributed by atoms with Crippen molar-refractivity contribution in [1.29, 1.82) is 5.41 Å². The molecule has 0 bridgehead atoms. The summed E-state index contributed by atoms with van der Waals surface area (Å²) < 4.78 is 60.0. The molecule has 2 rings (SSSR count). The topological polar surface area (TPSA) is 124 Å². The second-order valence-electron chi connectivity index (χ2n) is 8.20. The van der Waals surface area contributed by atoms with Crippen molar-refractivity contribution in [2.45, 2.75) is 67.6 Å². The van der Waals surface area contributed by atoms with E-state index in [1.807, 2.05) is 0 Å². The zero-order valence-corrected chi connectivity index (χ0v) is 22.5. The lowest BCUT2D eigenvalue weighted by Gasteiger charge is -2.44. The molecule has 1 aliphatic heterocycles. The Hall–Kier alpha value is -2.41. The second-order valence-corrected chi connectivity index (χ2v) is 10.5. The summed E-state index contributed by atoms with van der Waals surface area (Å²) in [5, 5.41) is 8.13. The molecule has 0 radical (unpaired) electrons. The first-order chi connectivity index (χ1) is 17.5. The van der Waals surface area contributed by atoms with Gasteiger partial charge in [-0.15, -0.1) is 0 Å². The van der Waals surface area contributed by atoms with Crippen molar-refractivity contribution in [3.05, 3.63) is 35.4 Å². The average Bonchev–Trinajstić information content (AvgIpc) is 2.77. The minimum Gasteiger partial charge on any atom is -0.463 e. The molecule has 15 heteroatoms. The summed E-state index contributed by atoms with van der Waals surface area (Å²) in [5.74, 6) is -2.36. The van der Waals surface area contributed by atoms with Crippen LogP contribution >= 0.6 is 34.8 Å². The normalized spacial score (nSPS) is 24.1. The molecule has 0 aromatic heterocycles. The quantitative estimate of drug-likeness (QED) is 0.201. The SMILES string of the molecule is CC(=O)OC[C@H]1OC(CC(=N)C(Cl)(Cl)Cl)[C@H](N=Cc2ccccc2C(F)(F)F)[C@@H](OC(C)=O)[C@@H]1OC(C)=O. The molecule has 1 saturated heterocycles. The lowest BCUT2D eigenvalue weighted by Crippen LogP contribution is -2.61. The highest BCUT2D eigenvalue weighted by Crippen LogP contribution is 2.36. The van der Waals surface area contributed by atoms with Crippen LogP contribution in [-0.2, 0) is 39.5 Å². The van der Waals surface area contributed by atoms with Crippen LogP contribution in [0.4, 0.5) is 13.2 Å². The number of hydrogen-bond acceptors (Lipinski definition) is 9. The Morgan fingerprint density at radius 2 is 1.58 bits per heavy atom. The second kappa shape index (κ2) is 13.1. The minimum absolute atomic E-state index is 0.317. The Morgan fingerprint density at radius 3 is 2.11 bits per heavy atom. The van der Waals surface area contributed by atoms with Gasteiger partial charge in [0.25, 0.3) is 0 Å². The fourth-order valence-electron chi connectivity index (χ4n) is 3.70. The van der Waals surface area contributed by atoms with Gasteiger partial charge in [0.05, 0.1) is 17.4 Å². The molecule has 1 fully saturated rings. The summed E-state index contributed by atoms with van der Waals surface area (Å²) in [5.41, 5.74) is -1.77. The molecule has 0 saturated carbocycles. The Kier molecular flexibility index (Phi) is 11.0. The average molecular weight is 604 g/mol. The zero-order chi connectivity index (χ0) is 28.8. The van der Waals surface area contributed by atoms with Gasteiger partial charge in [-0.05, 0) is 6.07 Å². The third-order valence-electron chi connectivity index (χ3n) is 5.21. The first-order valence-corrected chi connectivity index (χ1v) is 12.1. The Morgan fingerprint density at radius 1 is 1.00 bits per heavy atom. The van der Waals surface area contributed by atoms with Crippen molar-refractivity contribution in [3.8, 4) is 0 Å². The van der Waals surface area contributed by atoms with Crippen LogP contribution in [0.5, 0.6) is 0 Å². The summed E-state index contributed by atoms with van der Waals surface area (Å²) in [6.07, 6.45) is -9.54. The Balaban J connectivity index is 2.63. The maximum absolute atomic E-state index is 13.5. The van der Waals surface area contributed by atoms with Gasteiger partial charge in [-0.1, -0.05) is 53.0 Å². The van der Waals surface area contributed by atoms with Crippen LogP contribution in [0.2, 0.25) is 0 Å². The van der Waals surface area contributed by atoms with Crippen LogP contribution in [0.25, 0.3) is 0 Å². The first kappa shape index (κ1) is 31.8. The largest absolute Gasteiger partial charge is 0.463 e. The molecule has 1 aromatic carbocycles. The van der Waals surface area contributed by atoms with E-state index in [9.17, 15) is 27.6 Å². The highest BCUT2D eigenvalue weighted by atomic mass is 35.6. The van der Waals surface area contributed by atoms with Crippen LogP contribution in [0.3, 0.4) is 0 Å². The maximum atomic E-state index is 13.5. The van der Waals surface area contributed by atoms with Crippen LogP contribution in [0.15, 0.2) is 29.3 Å². The number of halogens is 6. The summed E-state index contributed by atoms with van der Waals surface area (Å²) in [4.78, 5) is 39.5. The minimum atomic E-state index is -4.70. The number of nitrogens with zero attached hydrogens (tertiary/aromatic N) is 1. The fraction of sp³-hybridized carbons (Fsp3) is 0.522. The van der Waals surface area contributed by atoms with Crippen LogP contribution in [-0.4, -0.2) is 70.7 Å². The van der Waals surface area contributed by atoms with E-state index in [1.54, 1.807) is 0 Å². The molecule has 1 aliphatic rings. The predicted molar refractivity (Wildman–Crippen MR) is 132 cm³/mol. The number of esters is 3. The van der Waals surface area contributed by atoms with Crippen molar-refractivity contribution in [3.63, 3.8) is 0 Å². The molecule has 0 spiro atoms. The molecular formula is C23H24Cl3F3N2O7. The van der Waals surface area contributed by atoms with Crippen LogP contribution < -0.4 is 0 Å². The number of carbonyl (C=O) groups excluding carboxylic acids is 3. The molecule has 0 aliphatic carbocycles. The Labute approximate surface area is 231 Å². The van der Waals surface area contributed by atoms with E-state index in [4.69, 9.17) is 59.2 Å². The number of hydrogen-bond donors (Lipinski definition) is 1. The van der Waals surface area contributed by atoms with Crippen molar-refractivity contribution in [1.82, 2.24) is 0 Å². The number of alkyl halides is 6. The van der Waals surface area contributed by atoms with Crippen molar-refractivity contribution in [2.75, 3.05) is 6.61 Å². The third kappa shape index (κ3) is 9.11. The van der Waals surface area contributed by atoms with Crippen molar-refractivity contribution < 1.29 is 46.5 Å². The number of nitrogens with one attached hydrogen (secondary N) is 1. The van der Waals surface area contributed by atoms with Gasteiger partial charge in [-0.25, -0.2) is 0 Å². The van der Waals surface area contributed by atoms with E-state index in [1.165, 1.54) is 18.2 Å². The molecule has 1 N–H and O–H groups in total. The number of aliphatic imine (C=N–C) groups is 1. The first-order valence-electron chi connectivity index (χ1n) is 11.0. The van der Waals surface area contributed by atoms with E-state index in [-0.39, 0.29) is 5.56 Å². The lowest BCUT2D eigenvalue weighted by molar-refractivity contribution is -0.219. The zero-order valence-electron chi connectivity index (χ0n) is 20.3. The molecule has 210 valence electrons. The van der Waals surface area contributed by atoms with Gasteiger partial charge >= 0.3 is 24.1 Å². The van der Waals surface area contributed by atoms with Gasteiger partial charge in [-0.3, -0.25) is 19.4 Å². The monoisotopic (exact) mass is 602 g/mol. The van der Waals surface area contributed by atoms with E-state index < -0.39 is 82.6 Å². The van der Waals surface area contributed by atoms with Gasteiger partial charge in [0, 0.05) is 39.0 Å². The fourth-order valence-corrected chi connectivity index (χ4v) is 3.93. The molecule has 1 unspecified atom stereocenters. The summed E-state index contributed by atoms with van der Waals surface area (Å²) in [6, 6.07) is 3.25. The smallest absolute Gasteiger partial charge is 0.417 e. The molecule has 0 amide bonds. The predicted octanol–water partition coefficient (Wildman–Crippen LogP) is 4.47. The van der Waals surface area contributed by atoms with Gasteiger partial charge in [-0.2, -0.15) is 13.2 Å². The standard InChI is InChI=1S/C23H24Cl3F3N2O7/c1-11(32)35-10-17-20(36-12(2)33)21(37-13(3)34)19(16(38-17)8-18(30)22(24,25)26)31-9-14-6-4-5-7-15(14)23(27,28)29/h4-7,9,16-17,19-21,30H,8,10H2,1-3H3/t16?,17-,19+,20-,21-/m1/s1. The van der Waals surface area contributed by atoms with Crippen molar-refractivity contribution in [2.24, 2.45) is 4.99 Å². The highest BCUT2D eigenvalue weighted by Gasteiger charge is 2.51. The molecule has 1 aromatic rings. The van der Waals surface area contributed by atoms with E-state index >= 15 is 0 Å². The van der Waals surface area contributed by atoms with Crippen LogP contribution in [0, 0.1) is 5.41 Å². The van der Waals surface area contributed by atoms with E-state index in [0.29, 0.717) is 0 Å². The van der Waals surface area contributed by atoms with Gasteiger partial charge in [0.15, 0.2) is 12.2 Å². The van der Waals surface area contributed by atoms with Gasteiger partial charge in [0.2, 0.25) is 3.79 Å². The molecule has 5 atom stereocenters. The number of carbonyl (C=O) groups is 3. The van der Waals surface area contributed by atoms with Crippen LogP contribution in [0.1, 0.15) is 38.3 Å². The van der Waals surface area contributed by atoms with Gasteiger partial charge < -0.3 is 24.4 Å². The Bertz CT molecular complexity index is 1080. The summed E-state index contributed by atoms with van der Waals surface area (Å²) >= 11 is 17.4. The number of ether oxygens (including phenoxy) is 4.